The van der Waals surface area contributed by atoms with Crippen LogP contribution in [0, 0.1) is 0 Å². The van der Waals surface area contributed by atoms with E-state index in [1.54, 1.807) is 0 Å². The second-order valence-corrected chi connectivity index (χ2v) is 7.24. The van der Waals surface area contributed by atoms with Gasteiger partial charge in [-0.3, -0.25) is 9.89 Å². The third kappa shape index (κ3) is 7.11. The first-order chi connectivity index (χ1) is 11.4. The number of rotatable bonds is 5. The molecule has 1 heterocycles. The first-order valence-corrected chi connectivity index (χ1v) is 8.79. The van der Waals surface area contributed by atoms with Crippen LogP contribution in [-0.2, 0) is 11.3 Å². The van der Waals surface area contributed by atoms with Gasteiger partial charge in [0.2, 0.25) is 0 Å². The van der Waals surface area contributed by atoms with Gasteiger partial charge in [-0.25, -0.2) is 0 Å². The molecule has 2 unspecified atom stereocenters. The number of hydrogen-bond donors (Lipinski definition) is 2. The van der Waals surface area contributed by atoms with Crippen molar-refractivity contribution in [3.63, 3.8) is 0 Å². The van der Waals surface area contributed by atoms with E-state index in [0.29, 0.717) is 0 Å². The Labute approximate surface area is 169 Å². The summed E-state index contributed by atoms with van der Waals surface area (Å²) in [6.45, 7) is 12.4. The summed E-state index contributed by atoms with van der Waals surface area (Å²) in [4.78, 5) is 6.84. The molecule has 25 heavy (non-hydrogen) atoms. The Morgan fingerprint density at radius 1 is 1.16 bits per heavy atom. The fourth-order valence-electron chi connectivity index (χ4n) is 3.09. The SMILES string of the molecule is CN=C(NCc1ccccc1)NCC(C)(C)N1CC(C)OC(C)C1.I. The van der Waals surface area contributed by atoms with Crippen LogP contribution in [0.1, 0.15) is 33.3 Å². The van der Waals surface area contributed by atoms with E-state index in [1.807, 2.05) is 13.1 Å². The number of nitrogens with zero attached hydrogens (tertiary/aromatic N) is 2. The topological polar surface area (TPSA) is 48.9 Å². The Hall–Kier alpha value is -0.860. The minimum absolute atomic E-state index is 0. The Balaban J connectivity index is 0.00000312. The van der Waals surface area contributed by atoms with Crippen LogP contribution >= 0.6 is 24.0 Å². The number of ether oxygens (including phenoxy) is 1. The molecule has 0 amide bonds. The third-order valence-corrected chi connectivity index (χ3v) is 4.49. The molecule has 1 aromatic rings. The fourth-order valence-corrected chi connectivity index (χ4v) is 3.09. The second kappa shape index (κ2) is 10.3. The van der Waals surface area contributed by atoms with Crippen LogP contribution < -0.4 is 10.6 Å². The van der Waals surface area contributed by atoms with Crippen molar-refractivity contribution >= 4 is 29.9 Å². The molecule has 142 valence electrons. The van der Waals surface area contributed by atoms with E-state index in [9.17, 15) is 0 Å². The Morgan fingerprint density at radius 2 is 1.76 bits per heavy atom. The molecule has 1 saturated heterocycles. The average molecular weight is 460 g/mol. The highest BCUT2D eigenvalue weighted by atomic mass is 127. The summed E-state index contributed by atoms with van der Waals surface area (Å²) in [6, 6.07) is 10.4. The predicted octanol–water partition coefficient (Wildman–Crippen LogP) is 2.86. The van der Waals surface area contributed by atoms with Gasteiger partial charge in [-0.1, -0.05) is 30.3 Å². The zero-order valence-electron chi connectivity index (χ0n) is 16.1. The monoisotopic (exact) mass is 460 g/mol. The van der Waals surface area contributed by atoms with Crippen molar-refractivity contribution in [2.45, 2.75) is 52.0 Å². The molecule has 0 bridgehead atoms. The normalized spacial score (nSPS) is 22.2. The molecule has 1 fully saturated rings. The number of halogens is 1. The molecule has 2 atom stereocenters. The van der Waals surface area contributed by atoms with Crippen molar-refractivity contribution in [3.05, 3.63) is 35.9 Å². The molecular weight excluding hydrogens is 427 g/mol. The quantitative estimate of drug-likeness (QED) is 0.403. The summed E-state index contributed by atoms with van der Waals surface area (Å²) in [5, 5.41) is 6.84. The number of nitrogens with one attached hydrogen (secondary N) is 2. The summed E-state index contributed by atoms with van der Waals surface area (Å²) in [5.41, 5.74) is 1.28. The fraction of sp³-hybridized carbons (Fsp3) is 0.632. The van der Waals surface area contributed by atoms with Gasteiger partial charge in [0, 0.05) is 38.8 Å². The summed E-state index contributed by atoms with van der Waals surface area (Å²) in [7, 11) is 1.81. The van der Waals surface area contributed by atoms with Crippen molar-refractivity contribution in [1.82, 2.24) is 15.5 Å². The van der Waals surface area contributed by atoms with Gasteiger partial charge in [0.1, 0.15) is 0 Å². The summed E-state index contributed by atoms with van der Waals surface area (Å²) in [6.07, 6.45) is 0.562. The van der Waals surface area contributed by atoms with Crippen molar-refractivity contribution in [2.75, 3.05) is 26.7 Å². The smallest absolute Gasteiger partial charge is 0.191 e. The van der Waals surface area contributed by atoms with Crippen molar-refractivity contribution in [1.29, 1.82) is 0 Å². The highest BCUT2D eigenvalue weighted by Gasteiger charge is 2.33. The number of guanidine groups is 1. The molecule has 0 radical (unpaired) electrons. The molecule has 1 aliphatic heterocycles. The lowest BCUT2D eigenvalue weighted by atomic mass is 10.00. The van der Waals surface area contributed by atoms with Gasteiger partial charge in [0.05, 0.1) is 12.2 Å². The molecule has 1 aliphatic rings. The second-order valence-electron chi connectivity index (χ2n) is 7.24. The lowest BCUT2D eigenvalue weighted by Crippen LogP contribution is -2.59. The highest BCUT2D eigenvalue weighted by molar-refractivity contribution is 14.0. The van der Waals surface area contributed by atoms with Crippen molar-refractivity contribution in [3.8, 4) is 0 Å². The van der Waals surface area contributed by atoms with Crippen LogP contribution in [0.2, 0.25) is 0 Å². The van der Waals surface area contributed by atoms with Crippen LogP contribution in [0.3, 0.4) is 0 Å². The zero-order chi connectivity index (χ0) is 17.6. The van der Waals surface area contributed by atoms with Crippen LogP contribution in [0.15, 0.2) is 35.3 Å². The Kier molecular flexibility index (Phi) is 9.16. The van der Waals surface area contributed by atoms with E-state index in [2.05, 4.69) is 72.5 Å². The number of benzene rings is 1. The van der Waals surface area contributed by atoms with Crippen molar-refractivity contribution < 1.29 is 4.74 Å². The van der Waals surface area contributed by atoms with E-state index < -0.39 is 0 Å². The minimum Gasteiger partial charge on any atom is -0.373 e. The van der Waals surface area contributed by atoms with Crippen LogP contribution in [-0.4, -0.2) is 55.3 Å². The van der Waals surface area contributed by atoms with Crippen LogP contribution in [0.5, 0.6) is 0 Å². The molecular formula is C19H33IN4O. The lowest BCUT2D eigenvalue weighted by Gasteiger charge is -2.45. The first kappa shape index (κ1) is 22.2. The van der Waals surface area contributed by atoms with E-state index in [1.165, 1.54) is 5.56 Å². The van der Waals surface area contributed by atoms with Gasteiger partial charge in [-0.05, 0) is 33.3 Å². The van der Waals surface area contributed by atoms with Gasteiger partial charge >= 0.3 is 0 Å². The van der Waals surface area contributed by atoms with Gasteiger partial charge in [-0.15, -0.1) is 24.0 Å². The zero-order valence-corrected chi connectivity index (χ0v) is 18.4. The van der Waals surface area contributed by atoms with Gasteiger partial charge < -0.3 is 15.4 Å². The van der Waals surface area contributed by atoms with Gasteiger partial charge in [0.25, 0.3) is 0 Å². The maximum atomic E-state index is 5.85. The van der Waals surface area contributed by atoms with E-state index >= 15 is 0 Å². The first-order valence-electron chi connectivity index (χ1n) is 8.79. The Bertz CT molecular complexity index is 525. The average Bonchev–Trinajstić information content (AvgIpc) is 2.55. The molecule has 1 aromatic carbocycles. The predicted molar refractivity (Wildman–Crippen MR) is 116 cm³/mol. The van der Waals surface area contributed by atoms with Gasteiger partial charge in [-0.2, -0.15) is 0 Å². The third-order valence-electron chi connectivity index (χ3n) is 4.49. The molecule has 6 heteroatoms. The number of morpholine rings is 1. The molecule has 0 aliphatic carbocycles. The molecule has 5 nitrogen and oxygen atoms in total. The maximum Gasteiger partial charge on any atom is 0.191 e. The van der Waals surface area contributed by atoms with Crippen molar-refractivity contribution in [2.24, 2.45) is 4.99 Å². The lowest BCUT2D eigenvalue weighted by molar-refractivity contribution is -0.0946. The molecule has 2 N–H and O–H groups in total. The molecule has 0 aromatic heterocycles. The minimum atomic E-state index is 0. The molecule has 0 saturated carbocycles. The van der Waals surface area contributed by atoms with Crippen LogP contribution in [0.4, 0.5) is 0 Å². The Morgan fingerprint density at radius 3 is 2.32 bits per heavy atom. The number of aliphatic imine (C=N–C) groups is 1. The van der Waals surface area contributed by atoms with E-state index in [4.69, 9.17) is 4.74 Å². The largest absolute Gasteiger partial charge is 0.373 e. The summed E-state index contributed by atoms with van der Waals surface area (Å²) in [5.74, 6) is 0.835. The highest BCUT2D eigenvalue weighted by Crippen LogP contribution is 2.20. The molecule has 2 rings (SSSR count). The number of hydrogen-bond acceptors (Lipinski definition) is 3. The summed E-state index contributed by atoms with van der Waals surface area (Å²) >= 11 is 0. The van der Waals surface area contributed by atoms with E-state index in [0.717, 1.165) is 32.1 Å². The van der Waals surface area contributed by atoms with E-state index in [-0.39, 0.29) is 41.7 Å². The maximum absolute atomic E-state index is 5.85. The standard InChI is InChI=1S/C19H32N4O.HI/c1-15-12-23(13-16(2)24-15)19(3,4)14-22-18(20-5)21-11-17-9-7-6-8-10-17;/h6-10,15-16H,11-14H2,1-5H3,(H2,20,21,22);1H. The summed E-state index contributed by atoms with van der Waals surface area (Å²) < 4.78 is 5.85. The molecule has 0 spiro atoms. The van der Waals surface area contributed by atoms with Gasteiger partial charge in [0.15, 0.2) is 5.96 Å². The van der Waals surface area contributed by atoms with Crippen LogP contribution in [0.25, 0.3) is 0 Å².